The van der Waals surface area contributed by atoms with E-state index in [0.717, 1.165) is 25.7 Å². The number of carbonyl (C=O) groups is 3. The molecule has 0 aromatic rings. The topological polar surface area (TPSA) is 69.7 Å². The van der Waals surface area contributed by atoms with Crippen LogP contribution in [0.5, 0.6) is 0 Å². The van der Waals surface area contributed by atoms with Crippen molar-refractivity contribution in [1.29, 1.82) is 0 Å². The second-order valence-corrected chi connectivity index (χ2v) is 4.22. The Bertz CT molecular complexity index is 320. The van der Waals surface area contributed by atoms with Crippen molar-refractivity contribution < 1.29 is 23.9 Å². The molecule has 0 amide bonds. The number of ketones is 1. The lowest BCUT2D eigenvalue weighted by Gasteiger charge is -2.02. The molecule has 0 spiro atoms. The predicted molar refractivity (Wildman–Crippen MR) is 70.5 cm³/mol. The maximum absolute atomic E-state index is 11.0. The van der Waals surface area contributed by atoms with Crippen LogP contribution < -0.4 is 0 Å². The molecule has 19 heavy (non-hydrogen) atoms. The Morgan fingerprint density at radius 1 is 0.947 bits per heavy atom. The molecule has 0 heterocycles. The van der Waals surface area contributed by atoms with Gasteiger partial charge < -0.3 is 9.47 Å². The van der Waals surface area contributed by atoms with Gasteiger partial charge in [-0.15, -0.1) is 0 Å². The quantitative estimate of drug-likeness (QED) is 0.263. The van der Waals surface area contributed by atoms with Crippen LogP contribution in [0, 0.1) is 0 Å². The maximum atomic E-state index is 11.0. The molecule has 0 aliphatic heterocycles. The average Bonchev–Trinajstić information content (AvgIpc) is 2.30. The number of ether oxygens (including phenoxy) is 2. The first kappa shape index (κ1) is 17.4. The highest BCUT2D eigenvalue weighted by Gasteiger charge is 2.05. The Labute approximate surface area is 114 Å². The van der Waals surface area contributed by atoms with Crippen molar-refractivity contribution in [3.05, 3.63) is 12.2 Å². The van der Waals surface area contributed by atoms with Gasteiger partial charge in [0, 0.05) is 6.92 Å². The molecule has 0 N–H and O–H groups in total. The zero-order valence-corrected chi connectivity index (χ0v) is 11.6. The molecule has 0 aromatic carbocycles. The highest BCUT2D eigenvalue weighted by molar-refractivity contribution is 5.94. The third-order valence-electron chi connectivity index (χ3n) is 2.22. The third kappa shape index (κ3) is 14.3. The summed E-state index contributed by atoms with van der Waals surface area (Å²) in [7, 11) is 0. The Balaban J connectivity index is 3.29. The van der Waals surface area contributed by atoms with Crippen LogP contribution in [0.2, 0.25) is 0 Å². The minimum absolute atomic E-state index is 0.140. The molecule has 0 aliphatic carbocycles. The van der Waals surface area contributed by atoms with Gasteiger partial charge >= 0.3 is 11.9 Å². The standard InChI is InChI=1S/C14H22O5/c1-12(15)11-14(17)19-10-8-6-4-3-5-7-9-18-13(2)16/h5,7H,3-4,6,8-11H2,1-2H3/b7-5-. The number of rotatable bonds is 10. The smallest absolute Gasteiger partial charge is 0.313 e. The molecule has 0 aliphatic rings. The van der Waals surface area contributed by atoms with Crippen LogP contribution in [-0.4, -0.2) is 30.9 Å². The van der Waals surface area contributed by atoms with E-state index in [-0.39, 0.29) is 18.2 Å². The van der Waals surface area contributed by atoms with E-state index in [2.05, 4.69) is 0 Å². The summed E-state index contributed by atoms with van der Waals surface area (Å²) in [5.74, 6) is -0.909. The number of Topliss-reactive ketones (excluding diaryl/α,β-unsaturated/α-hetero) is 1. The van der Waals surface area contributed by atoms with E-state index >= 15 is 0 Å². The molecule has 0 aromatic heterocycles. The molecule has 0 saturated carbocycles. The number of esters is 2. The molecule has 5 nitrogen and oxygen atoms in total. The van der Waals surface area contributed by atoms with Gasteiger partial charge in [-0.2, -0.15) is 0 Å². The molecule has 0 rings (SSSR count). The van der Waals surface area contributed by atoms with E-state index in [0.29, 0.717) is 13.2 Å². The first-order chi connectivity index (χ1) is 9.02. The second kappa shape index (κ2) is 11.4. The van der Waals surface area contributed by atoms with Crippen molar-refractivity contribution in [2.24, 2.45) is 0 Å². The van der Waals surface area contributed by atoms with Gasteiger partial charge in [-0.1, -0.05) is 12.2 Å². The summed E-state index contributed by atoms with van der Waals surface area (Å²) >= 11 is 0. The third-order valence-corrected chi connectivity index (χ3v) is 2.22. The molecule has 0 radical (unpaired) electrons. The first-order valence-electron chi connectivity index (χ1n) is 6.45. The summed E-state index contributed by atoms with van der Waals surface area (Å²) in [6.07, 6.45) is 7.27. The van der Waals surface area contributed by atoms with E-state index in [9.17, 15) is 14.4 Å². The van der Waals surface area contributed by atoms with E-state index in [4.69, 9.17) is 9.47 Å². The van der Waals surface area contributed by atoms with E-state index in [1.54, 1.807) is 0 Å². The molecule has 0 unspecified atom stereocenters. The van der Waals surface area contributed by atoms with Crippen LogP contribution in [0.1, 0.15) is 46.0 Å². The molecule has 0 saturated heterocycles. The van der Waals surface area contributed by atoms with Gasteiger partial charge in [0.2, 0.25) is 0 Å². The number of allylic oxidation sites excluding steroid dienone is 1. The molecular formula is C14H22O5. The minimum Gasteiger partial charge on any atom is -0.465 e. The Kier molecular flexibility index (Phi) is 10.4. The van der Waals surface area contributed by atoms with Gasteiger partial charge in [0.25, 0.3) is 0 Å². The predicted octanol–water partition coefficient (Wildman–Crippen LogP) is 2.19. The highest BCUT2D eigenvalue weighted by atomic mass is 16.5. The van der Waals surface area contributed by atoms with Crippen molar-refractivity contribution in [1.82, 2.24) is 0 Å². The fourth-order valence-corrected chi connectivity index (χ4v) is 1.33. The van der Waals surface area contributed by atoms with Crippen molar-refractivity contribution in [3.63, 3.8) is 0 Å². The van der Waals surface area contributed by atoms with Crippen LogP contribution in [0.15, 0.2) is 12.2 Å². The largest absolute Gasteiger partial charge is 0.465 e. The summed E-state index contributed by atoms with van der Waals surface area (Å²) in [4.78, 5) is 32.1. The fourth-order valence-electron chi connectivity index (χ4n) is 1.33. The maximum Gasteiger partial charge on any atom is 0.313 e. The minimum atomic E-state index is -0.450. The zero-order chi connectivity index (χ0) is 14.5. The molecule has 0 bridgehead atoms. The van der Waals surface area contributed by atoms with Crippen molar-refractivity contribution in [2.45, 2.75) is 46.0 Å². The Morgan fingerprint density at radius 2 is 1.68 bits per heavy atom. The highest BCUT2D eigenvalue weighted by Crippen LogP contribution is 2.02. The molecule has 0 atom stereocenters. The van der Waals surface area contributed by atoms with Crippen LogP contribution in [-0.2, 0) is 23.9 Å². The number of unbranched alkanes of at least 4 members (excludes halogenated alkanes) is 3. The van der Waals surface area contributed by atoms with Crippen molar-refractivity contribution >= 4 is 17.7 Å². The SMILES string of the molecule is CC(=O)CC(=O)OCCCCC/C=C\COC(C)=O. The average molecular weight is 270 g/mol. The van der Waals surface area contributed by atoms with Gasteiger partial charge in [0.05, 0.1) is 6.61 Å². The summed E-state index contributed by atoms with van der Waals surface area (Å²) in [6, 6.07) is 0. The Hall–Kier alpha value is -1.65. The van der Waals surface area contributed by atoms with Crippen LogP contribution in [0.3, 0.4) is 0 Å². The lowest BCUT2D eigenvalue weighted by molar-refractivity contribution is -0.146. The molecule has 5 heteroatoms. The van der Waals surface area contributed by atoms with E-state index in [1.165, 1.54) is 13.8 Å². The van der Waals surface area contributed by atoms with E-state index < -0.39 is 5.97 Å². The van der Waals surface area contributed by atoms with Gasteiger partial charge in [0.15, 0.2) is 0 Å². The van der Waals surface area contributed by atoms with E-state index in [1.807, 2.05) is 12.2 Å². The number of carbonyl (C=O) groups excluding carboxylic acids is 3. The Morgan fingerprint density at radius 3 is 2.32 bits per heavy atom. The van der Waals surface area contributed by atoms with Gasteiger partial charge in [-0.3, -0.25) is 14.4 Å². The summed E-state index contributed by atoms with van der Waals surface area (Å²) in [5, 5.41) is 0. The normalized spacial score (nSPS) is 10.4. The van der Waals surface area contributed by atoms with Crippen molar-refractivity contribution in [3.8, 4) is 0 Å². The summed E-state index contributed by atoms with van der Waals surface area (Å²) in [5.41, 5.74) is 0. The zero-order valence-electron chi connectivity index (χ0n) is 11.6. The van der Waals surface area contributed by atoms with Crippen molar-refractivity contribution in [2.75, 3.05) is 13.2 Å². The first-order valence-corrected chi connectivity index (χ1v) is 6.45. The monoisotopic (exact) mass is 270 g/mol. The van der Waals surface area contributed by atoms with Gasteiger partial charge in [-0.05, 0) is 32.6 Å². The van der Waals surface area contributed by atoms with Gasteiger partial charge in [0.1, 0.15) is 18.8 Å². The fraction of sp³-hybridized carbons (Fsp3) is 0.643. The number of hydrogen-bond acceptors (Lipinski definition) is 5. The summed E-state index contributed by atoms with van der Waals surface area (Å²) < 4.78 is 9.62. The second-order valence-electron chi connectivity index (χ2n) is 4.22. The van der Waals surface area contributed by atoms with Gasteiger partial charge in [-0.25, -0.2) is 0 Å². The lowest BCUT2D eigenvalue weighted by atomic mass is 10.2. The van der Waals surface area contributed by atoms with Crippen LogP contribution in [0.4, 0.5) is 0 Å². The molecular weight excluding hydrogens is 248 g/mol. The number of hydrogen-bond donors (Lipinski definition) is 0. The molecule has 108 valence electrons. The van der Waals surface area contributed by atoms with Crippen LogP contribution in [0.25, 0.3) is 0 Å². The lowest BCUT2D eigenvalue weighted by Crippen LogP contribution is -2.09. The summed E-state index contributed by atoms with van der Waals surface area (Å²) in [6.45, 7) is 3.42. The van der Waals surface area contributed by atoms with Crippen LogP contribution >= 0.6 is 0 Å². The molecule has 0 fully saturated rings.